The Labute approximate surface area is 144 Å². The van der Waals surface area contributed by atoms with Crippen LogP contribution in [0.1, 0.15) is 32.1 Å². The van der Waals surface area contributed by atoms with E-state index in [1.807, 2.05) is 36.2 Å². The number of hydrogen-bond acceptors (Lipinski definition) is 3. The molecule has 0 atom stereocenters. The smallest absolute Gasteiger partial charge is 0.222 e. The molecule has 0 aliphatic carbocycles. The second-order valence-corrected chi connectivity index (χ2v) is 6.64. The third-order valence-corrected chi connectivity index (χ3v) is 4.62. The predicted molar refractivity (Wildman–Crippen MR) is 94.0 cm³/mol. The van der Waals surface area contributed by atoms with E-state index < -0.39 is 0 Å². The Morgan fingerprint density at radius 1 is 1.30 bits per heavy atom. The van der Waals surface area contributed by atoms with Gasteiger partial charge in [0.05, 0.1) is 6.61 Å². The third-order valence-electron chi connectivity index (χ3n) is 4.37. The number of rotatable bonds is 8. The summed E-state index contributed by atoms with van der Waals surface area (Å²) in [5.74, 6) is 1.77. The van der Waals surface area contributed by atoms with Crippen molar-refractivity contribution in [3.63, 3.8) is 0 Å². The van der Waals surface area contributed by atoms with E-state index in [0.29, 0.717) is 24.0 Å². The van der Waals surface area contributed by atoms with E-state index in [-0.39, 0.29) is 5.91 Å². The molecular weight excluding hydrogens is 312 g/mol. The van der Waals surface area contributed by atoms with Gasteiger partial charge in [-0.15, -0.1) is 0 Å². The summed E-state index contributed by atoms with van der Waals surface area (Å²) in [4.78, 5) is 14.0. The topological polar surface area (TPSA) is 41.6 Å². The highest BCUT2D eigenvalue weighted by atomic mass is 35.5. The number of hydrogen-bond donors (Lipinski definition) is 1. The van der Waals surface area contributed by atoms with Gasteiger partial charge in [-0.1, -0.05) is 11.6 Å². The number of benzene rings is 1. The van der Waals surface area contributed by atoms with E-state index in [2.05, 4.69) is 5.32 Å². The van der Waals surface area contributed by atoms with Crippen molar-refractivity contribution in [3.8, 4) is 5.75 Å². The van der Waals surface area contributed by atoms with Crippen LogP contribution < -0.4 is 10.1 Å². The lowest BCUT2D eigenvalue weighted by Gasteiger charge is -2.23. The number of ether oxygens (including phenoxy) is 1. The third kappa shape index (κ3) is 6.80. The van der Waals surface area contributed by atoms with Crippen LogP contribution in [-0.4, -0.2) is 44.1 Å². The molecule has 128 valence electrons. The molecule has 0 saturated carbocycles. The Balaban J connectivity index is 1.57. The fraction of sp³-hybridized carbons (Fsp3) is 0.611. The van der Waals surface area contributed by atoms with E-state index >= 15 is 0 Å². The Morgan fingerprint density at radius 3 is 2.70 bits per heavy atom. The number of amides is 1. The SMILES string of the molecule is CN(CCCOc1ccc(Cl)cc1)C(=O)CCC1CCNCC1. The van der Waals surface area contributed by atoms with Crippen LogP contribution in [-0.2, 0) is 4.79 Å². The molecule has 0 spiro atoms. The summed E-state index contributed by atoms with van der Waals surface area (Å²) in [5, 5.41) is 4.06. The highest BCUT2D eigenvalue weighted by molar-refractivity contribution is 6.30. The highest BCUT2D eigenvalue weighted by Gasteiger charge is 2.16. The molecular formula is C18H27ClN2O2. The minimum atomic E-state index is 0.245. The van der Waals surface area contributed by atoms with Crippen molar-refractivity contribution in [3.05, 3.63) is 29.3 Å². The first-order valence-electron chi connectivity index (χ1n) is 8.48. The first-order chi connectivity index (χ1) is 11.1. The Kier molecular flexibility index (Phi) is 7.69. The Hall–Kier alpha value is -1.26. The highest BCUT2D eigenvalue weighted by Crippen LogP contribution is 2.18. The largest absolute Gasteiger partial charge is 0.494 e. The molecule has 1 aromatic carbocycles. The van der Waals surface area contributed by atoms with Gasteiger partial charge in [-0.3, -0.25) is 4.79 Å². The molecule has 23 heavy (non-hydrogen) atoms. The second-order valence-electron chi connectivity index (χ2n) is 6.20. The van der Waals surface area contributed by atoms with Gasteiger partial charge in [0.15, 0.2) is 0 Å². The molecule has 1 aromatic rings. The van der Waals surface area contributed by atoms with Gasteiger partial charge in [-0.25, -0.2) is 0 Å². The molecule has 2 rings (SSSR count). The van der Waals surface area contributed by atoms with Crippen molar-refractivity contribution in [2.45, 2.75) is 32.1 Å². The van der Waals surface area contributed by atoms with Crippen LogP contribution in [0, 0.1) is 5.92 Å². The van der Waals surface area contributed by atoms with Crippen molar-refractivity contribution >= 4 is 17.5 Å². The van der Waals surface area contributed by atoms with Crippen LogP contribution in [0.3, 0.4) is 0 Å². The number of halogens is 1. The van der Waals surface area contributed by atoms with Crippen molar-refractivity contribution in [2.75, 3.05) is 33.3 Å². The lowest BCUT2D eigenvalue weighted by Crippen LogP contribution is -2.31. The number of piperidine rings is 1. The average molecular weight is 339 g/mol. The van der Waals surface area contributed by atoms with Crippen molar-refractivity contribution in [1.29, 1.82) is 0 Å². The van der Waals surface area contributed by atoms with Crippen molar-refractivity contribution in [2.24, 2.45) is 5.92 Å². The van der Waals surface area contributed by atoms with Gasteiger partial charge in [-0.05, 0) is 69.0 Å². The van der Waals surface area contributed by atoms with Crippen LogP contribution in [0.15, 0.2) is 24.3 Å². The van der Waals surface area contributed by atoms with Crippen molar-refractivity contribution < 1.29 is 9.53 Å². The zero-order chi connectivity index (χ0) is 16.5. The molecule has 0 unspecified atom stereocenters. The predicted octanol–water partition coefficient (Wildman–Crippen LogP) is 3.35. The summed E-state index contributed by atoms with van der Waals surface area (Å²) in [6.07, 6.45) is 4.92. The minimum Gasteiger partial charge on any atom is -0.494 e. The summed E-state index contributed by atoms with van der Waals surface area (Å²) in [6, 6.07) is 7.34. The average Bonchev–Trinajstić information content (AvgIpc) is 2.59. The molecule has 0 radical (unpaired) electrons. The minimum absolute atomic E-state index is 0.245. The molecule has 1 amide bonds. The van der Waals surface area contributed by atoms with E-state index in [4.69, 9.17) is 16.3 Å². The standard InChI is InChI=1S/C18H27ClN2O2/c1-21(18(22)8-3-15-9-11-20-12-10-15)13-2-14-23-17-6-4-16(19)5-7-17/h4-7,15,20H,2-3,8-14H2,1H3. The normalized spacial score (nSPS) is 15.4. The van der Waals surface area contributed by atoms with E-state index in [0.717, 1.165) is 38.2 Å². The lowest BCUT2D eigenvalue weighted by atomic mass is 9.93. The monoisotopic (exact) mass is 338 g/mol. The molecule has 1 aliphatic rings. The van der Waals surface area contributed by atoms with Crippen LogP contribution in [0.25, 0.3) is 0 Å². The maximum Gasteiger partial charge on any atom is 0.222 e. The fourth-order valence-electron chi connectivity index (χ4n) is 2.84. The lowest BCUT2D eigenvalue weighted by molar-refractivity contribution is -0.130. The molecule has 1 N–H and O–H groups in total. The molecule has 1 saturated heterocycles. The quantitative estimate of drug-likeness (QED) is 0.739. The molecule has 4 nitrogen and oxygen atoms in total. The van der Waals surface area contributed by atoms with E-state index in [1.165, 1.54) is 12.8 Å². The Bertz CT molecular complexity index is 472. The zero-order valence-corrected chi connectivity index (χ0v) is 14.6. The van der Waals surface area contributed by atoms with Gasteiger partial charge in [0.1, 0.15) is 5.75 Å². The zero-order valence-electron chi connectivity index (χ0n) is 13.9. The Morgan fingerprint density at radius 2 is 2.00 bits per heavy atom. The number of nitrogens with one attached hydrogen (secondary N) is 1. The van der Waals surface area contributed by atoms with Gasteiger partial charge in [0.25, 0.3) is 0 Å². The maximum atomic E-state index is 12.1. The first kappa shape index (κ1) is 18.1. The molecule has 1 heterocycles. The molecule has 0 bridgehead atoms. The fourth-order valence-corrected chi connectivity index (χ4v) is 2.96. The van der Waals surface area contributed by atoms with Gasteiger partial charge < -0.3 is 15.0 Å². The van der Waals surface area contributed by atoms with Crippen LogP contribution in [0.4, 0.5) is 0 Å². The molecule has 5 heteroatoms. The van der Waals surface area contributed by atoms with Crippen LogP contribution in [0.2, 0.25) is 5.02 Å². The summed E-state index contributed by atoms with van der Waals surface area (Å²) < 4.78 is 5.64. The molecule has 1 fully saturated rings. The van der Waals surface area contributed by atoms with Crippen LogP contribution in [0.5, 0.6) is 5.75 Å². The van der Waals surface area contributed by atoms with E-state index in [9.17, 15) is 4.79 Å². The maximum absolute atomic E-state index is 12.1. The number of carbonyl (C=O) groups is 1. The van der Waals surface area contributed by atoms with Crippen molar-refractivity contribution in [1.82, 2.24) is 10.2 Å². The van der Waals surface area contributed by atoms with Crippen LogP contribution >= 0.6 is 11.6 Å². The first-order valence-corrected chi connectivity index (χ1v) is 8.86. The molecule has 1 aliphatic heterocycles. The summed E-state index contributed by atoms with van der Waals surface area (Å²) in [7, 11) is 1.88. The van der Waals surface area contributed by atoms with Gasteiger partial charge >= 0.3 is 0 Å². The number of nitrogens with zero attached hydrogens (tertiary/aromatic N) is 1. The van der Waals surface area contributed by atoms with Gasteiger partial charge in [0.2, 0.25) is 5.91 Å². The van der Waals surface area contributed by atoms with E-state index in [1.54, 1.807) is 0 Å². The van der Waals surface area contributed by atoms with Gasteiger partial charge in [0, 0.05) is 25.0 Å². The number of carbonyl (C=O) groups excluding carboxylic acids is 1. The summed E-state index contributed by atoms with van der Waals surface area (Å²) >= 11 is 5.83. The summed E-state index contributed by atoms with van der Waals surface area (Å²) in [6.45, 7) is 3.53. The molecule has 0 aromatic heterocycles. The second kappa shape index (κ2) is 9.78. The summed E-state index contributed by atoms with van der Waals surface area (Å²) in [5.41, 5.74) is 0. The van der Waals surface area contributed by atoms with Gasteiger partial charge in [-0.2, -0.15) is 0 Å².